The van der Waals surface area contributed by atoms with E-state index in [9.17, 15) is 14.4 Å². The molecule has 0 bridgehead atoms. The fourth-order valence-electron chi connectivity index (χ4n) is 2.74. The van der Waals surface area contributed by atoms with Crippen molar-refractivity contribution < 1.29 is 28.1 Å². The maximum Gasteiger partial charge on any atom is 0.509 e. The number of hydrogen-bond donors (Lipinski definition) is 1. The van der Waals surface area contributed by atoms with Crippen LogP contribution in [0.2, 0.25) is 0 Å². The normalized spacial score (nSPS) is 30.0. The van der Waals surface area contributed by atoms with E-state index >= 15 is 4.39 Å². The fourth-order valence-corrected chi connectivity index (χ4v) is 2.80. The van der Waals surface area contributed by atoms with Crippen LogP contribution in [0.25, 0.3) is 0 Å². The second-order valence-corrected chi connectivity index (χ2v) is 6.74. The molecule has 0 amide bonds. The van der Waals surface area contributed by atoms with E-state index in [2.05, 4.69) is 4.98 Å². The van der Waals surface area contributed by atoms with Gasteiger partial charge in [-0.2, -0.15) is 0 Å². The first-order valence-electron chi connectivity index (χ1n) is 7.90. The molecular formula is C15H17FN2O7S. The first-order chi connectivity index (χ1) is 12.2. The molecule has 3 heterocycles. The van der Waals surface area contributed by atoms with Crippen molar-refractivity contribution >= 4 is 23.4 Å². The predicted molar refractivity (Wildman–Crippen MR) is 88.6 cm³/mol. The second-order valence-electron chi connectivity index (χ2n) is 6.34. The van der Waals surface area contributed by atoms with E-state index in [0.717, 1.165) is 10.6 Å². The molecule has 2 fully saturated rings. The Balaban J connectivity index is 1.79. The highest BCUT2D eigenvalue weighted by Gasteiger charge is 2.64. The van der Waals surface area contributed by atoms with Crippen molar-refractivity contribution in [2.24, 2.45) is 5.92 Å². The highest BCUT2D eigenvalue weighted by molar-refractivity contribution is 7.80. The Morgan fingerprint density at radius 1 is 1.42 bits per heavy atom. The summed E-state index contributed by atoms with van der Waals surface area (Å²) in [4.78, 5) is 36.5. The molecule has 4 atom stereocenters. The number of H-pyrrole nitrogens is 1. The van der Waals surface area contributed by atoms with Crippen molar-refractivity contribution in [2.75, 3.05) is 6.61 Å². The van der Waals surface area contributed by atoms with Gasteiger partial charge < -0.3 is 18.9 Å². The summed E-state index contributed by atoms with van der Waals surface area (Å²) in [7, 11) is 0. The average Bonchev–Trinajstić information content (AvgIpc) is 3.06. The molecule has 0 spiro atoms. The van der Waals surface area contributed by atoms with Gasteiger partial charge in [-0.05, 0) is 12.2 Å². The molecule has 0 aromatic carbocycles. The van der Waals surface area contributed by atoms with Crippen molar-refractivity contribution in [3.8, 4) is 0 Å². The summed E-state index contributed by atoms with van der Waals surface area (Å²) in [6.07, 6.45) is -3.23. The molecule has 1 aromatic rings. The topological polar surface area (TPSA) is 109 Å². The largest absolute Gasteiger partial charge is 0.509 e. The zero-order chi connectivity index (χ0) is 19.1. The van der Waals surface area contributed by atoms with Gasteiger partial charge in [0, 0.05) is 18.2 Å². The van der Waals surface area contributed by atoms with E-state index in [0.29, 0.717) is 0 Å². The Morgan fingerprint density at radius 3 is 2.81 bits per heavy atom. The summed E-state index contributed by atoms with van der Waals surface area (Å²) in [6, 6.07) is 1.14. The Kier molecular flexibility index (Phi) is 4.84. The molecule has 26 heavy (non-hydrogen) atoms. The summed E-state index contributed by atoms with van der Waals surface area (Å²) in [6.45, 7) is 2.83. The predicted octanol–water partition coefficient (Wildman–Crippen LogP) is 0.505. The average molecular weight is 388 g/mol. The molecule has 2 aliphatic heterocycles. The van der Waals surface area contributed by atoms with Crippen LogP contribution in [-0.2, 0) is 25.5 Å². The molecule has 1 N–H and O–H groups in total. The van der Waals surface area contributed by atoms with Crippen molar-refractivity contribution in [3.05, 3.63) is 33.1 Å². The van der Waals surface area contributed by atoms with Crippen LogP contribution in [0.15, 0.2) is 21.9 Å². The molecule has 0 aliphatic carbocycles. The molecule has 2 saturated heterocycles. The fraction of sp³-hybridized carbons (Fsp3) is 0.600. The molecular weight excluding hydrogens is 371 g/mol. The molecule has 2 aliphatic rings. The van der Waals surface area contributed by atoms with Crippen LogP contribution < -0.4 is 11.2 Å². The summed E-state index contributed by atoms with van der Waals surface area (Å²) >= 11 is 5.01. The molecule has 0 unspecified atom stereocenters. The lowest BCUT2D eigenvalue weighted by atomic mass is 10.1. The van der Waals surface area contributed by atoms with Crippen molar-refractivity contribution in [1.82, 2.24) is 9.55 Å². The van der Waals surface area contributed by atoms with E-state index in [1.54, 1.807) is 13.8 Å². The highest BCUT2D eigenvalue weighted by atomic mass is 32.1. The van der Waals surface area contributed by atoms with Gasteiger partial charge in [0.15, 0.2) is 17.8 Å². The minimum Gasteiger partial charge on any atom is -0.481 e. The van der Waals surface area contributed by atoms with Crippen molar-refractivity contribution in [2.45, 2.75) is 44.6 Å². The standard InChI is InChI=1S/C15H17FN2O7S/c1-7(2)12(26)22-6-15(16)11-10(23-14(21)24-11)8(25-15)5-18-4-3-9(19)17-13(18)20/h3-4,7-8,10-11H,5-6H2,1-2H3,(H,17,19,20)/t8-,10-,11-,15+/m0/s1. The van der Waals surface area contributed by atoms with Crippen LogP contribution in [0.1, 0.15) is 13.8 Å². The van der Waals surface area contributed by atoms with Gasteiger partial charge in [0.2, 0.25) is 6.10 Å². The molecule has 11 heteroatoms. The van der Waals surface area contributed by atoms with Crippen LogP contribution in [0.3, 0.4) is 0 Å². The van der Waals surface area contributed by atoms with Crippen molar-refractivity contribution in [3.63, 3.8) is 0 Å². The number of nitrogens with one attached hydrogen (secondary N) is 1. The number of rotatable bonds is 5. The number of aromatic nitrogens is 2. The Hall–Kier alpha value is -2.27. The summed E-state index contributed by atoms with van der Waals surface area (Å²) < 4.78 is 36.9. The van der Waals surface area contributed by atoms with E-state index in [4.69, 9.17) is 31.2 Å². The van der Waals surface area contributed by atoms with Gasteiger partial charge >= 0.3 is 11.8 Å². The smallest absolute Gasteiger partial charge is 0.481 e. The van der Waals surface area contributed by atoms with Gasteiger partial charge in [0.05, 0.1) is 6.54 Å². The number of fused-ring (bicyclic) bond motifs is 1. The Morgan fingerprint density at radius 2 is 2.15 bits per heavy atom. The number of nitrogens with zero attached hydrogens (tertiary/aromatic N) is 1. The number of hydrogen-bond acceptors (Lipinski definition) is 8. The van der Waals surface area contributed by atoms with Crippen LogP contribution >= 0.6 is 12.2 Å². The lowest BCUT2D eigenvalue weighted by molar-refractivity contribution is -0.195. The first-order valence-corrected chi connectivity index (χ1v) is 8.31. The zero-order valence-corrected chi connectivity index (χ0v) is 14.8. The molecule has 1 aromatic heterocycles. The van der Waals surface area contributed by atoms with Gasteiger partial charge in [-0.1, -0.05) is 13.8 Å². The number of carbonyl (C=O) groups excluding carboxylic acids is 1. The number of alkyl halides is 1. The number of thiocarbonyl (C=S) groups is 1. The lowest BCUT2D eigenvalue weighted by Crippen LogP contribution is -2.43. The SMILES string of the molecule is CC(C)C(=S)OC[C@@]1(F)O[C@@H](Cn2ccc(=O)[nH]c2=O)[C@@H]2OC(=O)O[C@@H]21. The van der Waals surface area contributed by atoms with Crippen LogP contribution in [0.5, 0.6) is 0 Å². The number of halogens is 1. The number of ether oxygens (including phenoxy) is 4. The van der Waals surface area contributed by atoms with E-state index < -0.39 is 48.2 Å². The lowest BCUT2D eigenvalue weighted by Gasteiger charge is -2.24. The summed E-state index contributed by atoms with van der Waals surface area (Å²) in [5.74, 6) is -2.59. The zero-order valence-electron chi connectivity index (χ0n) is 14.0. The molecule has 0 saturated carbocycles. The third-order valence-electron chi connectivity index (χ3n) is 4.05. The van der Waals surface area contributed by atoms with Crippen molar-refractivity contribution in [1.29, 1.82) is 0 Å². The van der Waals surface area contributed by atoms with E-state index in [1.807, 2.05) is 0 Å². The Labute approximate surface area is 152 Å². The monoisotopic (exact) mass is 388 g/mol. The minimum atomic E-state index is -2.48. The van der Waals surface area contributed by atoms with Gasteiger partial charge in [-0.25, -0.2) is 14.0 Å². The first kappa shape index (κ1) is 18.5. The van der Waals surface area contributed by atoms with E-state index in [-0.39, 0.29) is 17.5 Å². The van der Waals surface area contributed by atoms with Gasteiger partial charge in [0.25, 0.3) is 11.4 Å². The highest BCUT2D eigenvalue weighted by Crippen LogP contribution is 2.41. The molecule has 0 radical (unpaired) electrons. The van der Waals surface area contributed by atoms with Crippen LogP contribution in [-0.4, -0.2) is 51.5 Å². The Bertz CT molecular complexity index is 838. The van der Waals surface area contributed by atoms with Crippen LogP contribution in [0.4, 0.5) is 9.18 Å². The molecule has 142 valence electrons. The third kappa shape index (κ3) is 3.49. The van der Waals surface area contributed by atoms with Gasteiger partial charge in [-0.15, -0.1) is 0 Å². The minimum absolute atomic E-state index is 0.108. The van der Waals surface area contributed by atoms with Gasteiger partial charge in [-0.3, -0.25) is 14.3 Å². The van der Waals surface area contributed by atoms with Gasteiger partial charge in [0.1, 0.15) is 6.10 Å². The summed E-state index contributed by atoms with van der Waals surface area (Å²) in [5.41, 5.74) is -1.26. The maximum atomic E-state index is 15.3. The number of carbonyl (C=O) groups is 1. The third-order valence-corrected chi connectivity index (χ3v) is 4.64. The van der Waals surface area contributed by atoms with E-state index in [1.165, 1.54) is 6.20 Å². The quantitative estimate of drug-likeness (QED) is 0.574. The van der Waals surface area contributed by atoms with Crippen LogP contribution in [0, 0.1) is 5.92 Å². The molecule has 3 rings (SSSR count). The number of aromatic amines is 1. The summed E-state index contributed by atoms with van der Waals surface area (Å²) in [5, 5.41) is 0.188. The maximum absolute atomic E-state index is 15.3. The second kappa shape index (κ2) is 6.80. The molecule has 9 nitrogen and oxygen atoms in total.